The van der Waals surface area contributed by atoms with E-state index in [2.05, 4.69) is 0 Å². The summed E-state index contributed by atoms with van der Waals surface area (Å²) in [6, 6.07) is -0.167. The van der Waals surface area contributed by atoms with E-state index in [0.29, 0.717) is 6.54 Å². The first kappa shape index (κ1) is 14.0. The first-order valence-corrected chi connectivity index (χ1v) is 5.97. The maximum absolute atomic E-state index is 12.0. The highest BCUT2D eigenvalue weighted by Gasteiger charge is 2.38. The molecule has 1 aliphatic heterocycles. The average molecular weight is 242 g/mol. The van der Waals surface area contributed by atoms with Crippen LogP contribution in [0.3, 0.4) is 0 Å². The molecule has 1 heterocycles. The lowest BCUT2D eigenvalue weighted by Gasteiger charge is -2.38. The maximum atomic E-state index is 12.0. The minimum absolute atomic E-state index is 0.0742. The first-order chi connectivity index (χ1) is 7.73. The van der Waals surface area contributed by atoms with Crippen molar-refractivity contribution < 1.29 is 14.7 Å². The Bertz CT molecular complexity index is 309. The fourth-order valence-electron chi connectivity index (χ4n) is 2.27. The minimum atomic E-state index is -0.821. The largest absolute Gasteiger partial charge is 0.481 e. The summed E-state index contributed by atoms with van der Waals surface area (Å²) >= 11 is 0. The van der Waals surface area contributed by atoms with Gasteiger partial charge in [-0.2, -0.15) is 0 Å². The van der Waals surface area contributed by atoms with Gasteiger partial charge in [0.25, 0.3) is 0 Å². The van der Waals surface area contributed by atoms with E-state index in [9.17, 15) is 9.59 Å². The molecule has 1 rings (SSSR count). The predicted octanol–water partition coefficient (Wildman–Crippen LogP) is 0.792. The number of nitrogens with zero attached hydrogens (tertiary/aromatic N) is 2. The molecule has 1 amide bonds. The second kappa shape index (κ2) is 5.04. The summed E-state index contributed by atoms with van der Waals surface area (Å²) in [5.41, 5.74) is -0.193. The van der Waals surface area contributed by atoms with E-state index in [4.69, 9.17) is 5.11 Å². The van der Waals surface area contributed by atoms with Gasteiger partial charge in [0.2, 0.25) is 5.91 Å². The van der Waals surface area contributed by atoms with Gasteiger partial charge in [0.1, 0.15) is 0 Å². The topological polar surface area (TPSA) is 60.9 Å². The fraction of sp³-hybridized carbons (Fsp3) is 0.833. The number of carbonyl (C=O) groups is 2. The Balaban J connectivity index is 2.77. The van der Waals surface area contributed by atoms with E-state index in [0.717, 1.165) is 13.0 Å². The lowest BCUT2D eigenvalue weighted by Crippen LogP contribution is -2.51. The molecule has 0 aromatic rings. The van der Waals surface area contributed by atoms with Gasteiger partial charge in [0.05, 0.1) is 12.5 Å². The van der Waals surface area contributed by atoms with Crippen LogP contribution in [0.4, 0.5) is 0 Å². The van der Waals surface area contributed by atoms with Crippen molar-refractivity contribution in [1.29, 1.82) is 0 Å². The van der Waals surface area contributed by atoms with Crippen LogP contribution < -0.4 is 0 Å². The van der Waals surface area contributed by atoms with Crippen LogP contribution in [-0.2, 0) is 9.59 Å². The molecule has 5 nitrogen and oxygen atoms in total. The van der Waals surface area contributed by atoms with Crippen molar-refractivity contribution in [3.63, 3.8) is 0 Å². The number of carbonyl (C=O) groups excluding carboxylic acids is 1. The van der Waals surface area contributed by atoms with Gasteiger partial charge in [0.15, 0.2) is 0 Å². The fourth-order valence-corrected chi connectivity index (χ4v) is 2.27. The number of rotatable bonds is 4. The quantitative estimate of drug-likeness (QED) is 0.792. The third-order valence-electron chi connectivity index (χ3n) is 3.20. The van der Waals surface area contributed by atoms with Gasteiger partial charge in [-0.25, -0.2) is 0 Å². The second-order valence-corrected chi connectivity index (χ2v) is 5.57. The Morgan fingerprint density at radius 3 is 2.47 bits per heavy atom. The molecule has 0 radical (unpaired) electrons. The van der Waals surface area contributed by atoms with E-state index in [-0.39, 0.29) is 23.9 Å². The van der Waals surface area contributed by atoms with Crippen molar-refractivity contribution >= 4 is 11.9 Å². The van der Waals surface area contributed by atoms with Crippen LogP contribution in [0.15, 0.2) is 0 Å². The number of hydrogen-bond donors (Lipinski definition) is 1. The Morgan fingerprint density at radius 1 is 1.53 bits per heavy atom. The van der Waals surface area contributed by atoms with Gasteiger partial charge >= 0.3 is 5.97 Å². The molecule has 1 N–H and O–H groups in total. The third-order valence-corrected chi connectivity index (χ3v) is 3.20. The van der Waals surface area contributed by atoms with Crippen LogP contribution in [0.25, 0.3) is 0 Å². The molecule has 1 fully saturated rings. The van der Waals surface area contributed by atoms with Crippen molar-refractivity contribution in [3.05, 3.63) is 0 Å². The highest BCUT2D eigenvalue weighted by molar-refractivity contribution is 5.83. The molecule has 1 atom stereocenters. The van der Waals surface area contributed by atoms with Crippen molar-refractivity contribution in [3.8, 4) is 0 Å². The lowest BCUT2D eigenvalue weighted by molar-refractivity contribution is -0.139. The Labute approximate surface area is 102 Å². The Morgan fingerprint density at radius 2 is 2.12 bits per heavy atom. The highest BCUT2D eigenvalue weighted by Crippen LogP contribution is 2.24. The van der Waals surface area contributed by atoms with Crippen molar-refractivity contribution in [1.82, 2.24) is 9.80 Å². The van der Waals surface area contributed by atoms with E-state index in [1.54, 1.807) is 11.9 Å². The first-order valence-electron chi connectivity index (χ1n) is 5.97. The number of hydrogen-bond acceptors (Lipinski definition) is 3. The number of likely N-dealkylation sites (tertiary alicyclic amines) is 1. The molecule has 1 saturated heterocycles. The summed E-state index contributed by atoms with van der Waals surface area (Å²) in [6.07, 6.45) is 0.858. The molecule has 1 aliphatic rings. The van der Waals surface area contributed by atoms with Crippen molar-refractivity contribution in [2.75, 3.05) is 20.1 Å². The highest BCUT2D eigenvalue weighted by atomic mass is 16.4. The molecule has 0 aromatic carbocycles. The van der Waals surface area contributed by atoms with E-state index >= 15 is 0 Å². The zero-order valence-corrected chi connectivity index (χ0v) is 11.1. The normalized spacial score (nSPS) is 21.4. The maximum Gasteiger partial charge on any atom is 0.304 e. The summed E-state index contributed by atoms with van der Waals surface area (Å²) in [5, 5.41) is 8.77. The van der Waals surface area contributed by atoms with Crippen molar-refractivity contribution in [2.45, 2.75) is 45.2 Å². The molecule has 98 valence electrons. The number of likely N-dealkylation sites (N-methyl/N-ethyl adjacent to an activating group) is 1. The van der Waals surface area contributed by atoms with Gasteiger partial charge < -0.3 is 10.0 Å². The van der Waals surface area contributed by atoms with E-state index < -0.39 is 5.97 Å². The zero-order valence-electron chi connectivity index (χ0n) is 11.1. The number of amides is 1. The zero-order chi connectivity index (χ0) is 13.2. The number of carboxylic acids is 1. The SMILES string of the molecule is CN1CCC(N(CCC(=O)O)C(C)(C)C)C1=O. The molecule has 0 bridgehead atoms. The van der Waals surface area contributed by atoms with Gasteiger partial charge in [-0.05, 0) is 27.2 Å². The van der Waals surface area contributed by atoms with Crippen LogP contribution in [-0.4, -0.2) is 58.5 Å². The van der Waals surface area contributed by atoms with Gasteiger partial charge in [-0.3, -0.25) is 14.5 Å². The van der Waals surface area contributed by atoms with Crippen LogP contribution in [0, 0.1) is 0 Å². The molecule has 0 saturated carbocycles. The van der Waals surface area contributed by atoms with Crippen LogP contribution in [0.1, 0.15) is 33.6 Å². The van der Waals surface area contributed by atoms with Crippen LogP contribution in [0.5, 0.6) is 0 Å². The second-order valence-electron chi connectivity index (χ2n) is 5.57. The van der Waals surface area contributed by atoms with Gasteiger partial charge in [-0.1, -0.05) is 0 Å². The molecule has 0 spiro atoms. The summed E-state index contributed by atoms with van der Waals surface area (Å²) in [7, 11) is 1.79. The number of aliphatic carboxylic acids is 1. The standard InChI is InChI=1S/C12H22N2O3/c1-12(2,3)14(8-6-10(15)16)9-5-7-13(4)11(9)17/h9H,5-8H2,1-4H3,(H,15,16). The monoisotopic (exact) mass is 242 g/mol. The lowest BCUT2D eigenvalue weighted by atomic mass is 10.0. The summed E-state index contributed by atoms with van der Waals surface area (Å²) in [4.78, 5) is 26.4. The molecule has 0 aliphatic carbocycles. The Hall–Kier alpha value is -1.10. The van der Waals surface area contributed by atoms with Gasteiger partial charge in [-0.15, -0.1) is 0 Å². The van der Waals surface area contributed by atoms with E-state index in [1.807, 2.05) is 25.7 Å². The molecule has 1 unspecified atom stereocenters. The minimum Gasteiger partial charge on any atom is -0.481 e. The smallest absolute Gasteiger partial charge is 0.304 e. The Kier molecular flexibility index (Phi) is 4.14. The third kappa shape index (κ3) is 3.43. The van der Waals surface area contributed by atoms with Gasteiger partial charge in [0, 0.05) is 25.7 Å². The van der Waals surface area contributed by atoms with Crippen LogP contribution >= 0.6 is 0 Å². The van der Waals surface area contributed by atoms with Crippen molar-refractivity contribution in [2.24, 2.45) is 0 Å². The predicted molar refractivity (Wildman–Crippen MR) is 64.8 cm³/mol. The summed E-state index contributed by atoms with van der Waals surface area (Å²) in [6.45, 7) is 7.22. The summed E-state index contributed by atoms with van der Waals surface area (Å²) < 4.78 is 0. The molecule has 0 aromatic heterocycles. The molecular formula is C12H22N2O3. The van der Waals surface area contributed by atoms with Crippen LogP contribution in [0.2, 0.25) is 0 Å². The summed E-state index contributed by atoms with van der Waals surface area (Å²) in [5.74, 6) is -0.719. The molecular weight excluding hydrogens is 220 g/mol. The number of carboxylic acid groups (broad SMARTS) is 1. The molecule has 17 heavy (non-hydrogen) atoms. The molecule has 5 heteroatoms. The van der Waals surface area contributed by atoms with E-state index in [1.165, 1.54) is 0 Å². The average Bonchev–Trinajstić information content (AvgIpc) is 2.47.